The lowest BCUT2D eigenvalue weighted by Gasteiger charge is -2.36. The minimum Gasteiger partial charge on any atom is -0.490 e. The van der Waals surface area contributed by atoms with Gasteiger partial charge in [-0.2, -0.15) is 0 Å². The number of nitrogens with zero attached hydrogens (tertiary/aromatic N) is 3. The standard InChI is InChI=1S/C39H55N5O6/c1-27-24-44(28(2)26-45)38(47)33-23-31(40-39(48)41-34-17-11-15-30-14-7-8-16-32(30)34)19-20-35(33)50-29(3)13-9-10-22-49-36(27)25-43(6)37(46)18-12-21-42(4)5/h7-8,11,14-17,19-20,23,27-29,36,45H,9-10,12-13,18,21-22,24-26H2,1-6H3,(H2,40,41,48)/t27-,28-,29+,36+/m0/s1. The number of nitrogens with one attached hydrogen (secondary N) is 2. The van der Waals surface area contributed by atoms with E-state index in [9.17, 15) is 19.5 Å². The van der Waals surface area contributed by atoms with E-state index in [0.717, 1.165) is 43.0 Å². The van der Waals surface area contributed by atoms with E-state index in [2.05, 4.69) is 15.5 Å². The summed E-state index contributed by atoms with van der Waals surface area (Å²) < 4.78 is 12.7. The minimum absolute atomic E-state index is 0.0585. The number of fused-ring (bicyclic) bond motifs is 2. The summed E-state index contributed by atoms with van der Waals surface area (Å²) in [4.78, 5) is 46.1. The smallest absolute Gasteiger partial charge is 0.323 e. The molecule has 50 heavy (non-hydrogen) atoms. The molecule has 1 heterocycles. The van der Waals surface area contributed by atoms with Crippen molar-refractivity contribution in [2.45, 2.75) is 71.1 Å². The molecular formula is C39H55N5O6. The highest BCUT2D eigenvalue weighted by Gasteiger charge is 2.31. The zero-order chi connectivity index (χ0) is 36.2. The SMILES string of the molecule is C[C@@H]1CCCCO[C@H](CN(C)C(=O)CCCN(C)C)[C@@H](C)CN([C@@H](C)CO)C(=O)c2cc(NC(=O)Nc3cccc4ccccc34)ccc2O1. The molecule has 4 rings (SSSR count). The third-order valence-electron chi connectivity index (χ3n) is 9.22. The number of hydrogen-bond donors (Lipinski definition) is 3. The molecule has 3 aromatic rings. The van der Waals surface area contributed by atoms with Gasteiger partial charge in [0.25, 0.3) is 5.91 Å². The van der Waals surface area contributed by atoms with Crippen LogP contribution in [0.5, 0.6) is 5.75 Å². The lowest BCUT2D eigenvalue weighted by molar-refractivity contribution is -0.132. The lowest BCUT2D eigenvalue weighted by atomic mass is 10.0. The molecule has 0 radical (unpaired) electrons. The number of carbonyl (C=O) groups is 3. The number of benzene rings is 3. The van der Waals surface area contributed by atoms with Crippen molar-refractivity contribution in [3.05, 3.63) is 66.2 Å². The fraction of sp³-hybridized carbons (Fsp3) is 0.513. The summed E-state index contributed by atoms with van der Waals surface area (Å²) in [5, 5.41) is 18.0. The highest BCUT2D eigenvalue weighted by molar-refractivity contribution is 6.07. The summed E-state index contributed by atoms with van der Waals surface area (Å²) in [5.41, 5.74) is 1.38. The van der Waals surface area contributed by atoms with Crippen molar-refractivity contribution in [2.24, 2.45) is 5.92 Å². The number of likely N-dealkylation sites (N-methyl/N-ethyl adjacent to an activating group) is 1. The number of carbonyl (C=O) groups excluding carboxylic acids is 3. The molecule has 11 heteroatoms. The second-order valence-corrected chi connectivity index (χ2v) is 13.8. The predicted octanol–water partition coefficient (Wildman–Crippen LogP) is 6.08. The van der Waals surface area contributed by atoms with Gasteiger partial charge in [0.15, 0.2) is 0 Å². The van der Waals surface area contributed by atoms with Crippen molar-refractivity contribution in [1.29, 1.82) is 0 Å². The van der Waals surface area contributed by atoms with Crippen LogP contribution in [0.15, 0.2) is 60.7 Å². The first-order valence-electron chi connectivity index (χ1n) is 17.7. The average Bonchev–Trinajstić information content (AvgIpc) is 3.09. The van der Waals surface area contributed by atoms with E-state index >= 15 is 0 Å². The van der Waals surface area contributed by atoms with Crippen LogP contribution in [-0.2, 0) is 9.53 Å². The Labute approximate surface area is 296 Å². The molecule has 0 unspecified atom stereocenters. The summed E-state index contributed by atoms with van der Waals surface area (Å²) in [5.74, 6) is -0.0204. The maximum absolute atomic E-state index is 14.4. The maximum Gasteiger partial charge on any atom is 0.323 e. The van der Waals surface area contributed by atoms with E-state index < -0.39 is 12.1 Å². The Bertz CT molecular complexity index is 1580. The Morgan fingerprint density at radius 3 is 2.54 bits per heavy atom. The Balaban J connectivity index is 1.58. The molecule has 4 atom stereocenters. The number of aliphatic hydroxyl groups is 1. The molecule has 1 aliphatic rings. The van der Waals surface area contributed by atoms with Crippen LogP contribution >= 0.6 is 0 Å². The Morgan fingerprint density at radius 1 is 1.02 bits per heavy atom. The van der Waals surface area contributed by atoms with Crippen molar-refractivity contribution in [1.82, 2.24) is 14.7 Å². The van der Waals surface area contributed by atoms with Crippen LogP contribution in [0.2, 0.25) is 0 Å². The third kappa shape index (κ3) is 10.9. The first-order valence-corrected chi connectivity index (χ1v) is 17.7. The van der Waals surface area contributed by atoms with Crippen molar-refractivity contribution in [3.63, 3.8) is 0 Å². The van der Waals surface area contributed by atoms with E-state index in [1.54, 1.807) is 42.0 Å². The van der Waals surface area contributed by atoms with Crippen molar-refractivity contribution < 1.29 is 29.0 Å². The van der Waals surface area contributed by atoms with Crippen LogP contribution in [0.1, 0.15) is 63.2 Å². The molecule has 0 bridgehead atoms. The van der Waals surface area contributed by atoms with Gasteiger partial charge in [0.2, 0.25) is 5.91 Å². The summed E-state index contributed by atoms with van der Waals surface area (Å²) in [6.07, 6.45) is 3.18. The fourth-order valence-electron chi connectivity index (χ4n) is 6.19. The molecule has 3 aromatic carbocycles. The first-order chi connectivity index (χ1) is 24.0. The largest absolute Gasteiger partial charge is 0.490 e. The van der Waals surface area contributed by atoms with Gasteiger partial charge in [-0.05, 0) is 89.8 Å². The second kappa shape index (κ2) is 18.7. The number of urea groups is 1. The third-order valence-corrected chi connectivity index (χ3v) is 9.22. The lowest BCUT2D eigenvalue weighted by Crippen LogP contribution is -2.48. The van der Waals surface area contributed by atoms with Gasteiger partial charge in [-0.15, -0.1) is 0 Å². The molecule has 4 amide bonds. The zero-order valence-electron chi connectivity index (χ0n) is 30.5. The monoisotopic (exact) mass is 689 g/mol. The molecule has 272 valence electrons. The topological polar surface area (TPSA) is 124 Å². The van der Waals surface area contributed by atoms with Crippen molar-refractivity contribution in [2.75, 3.05) is 64.6 Å². The van der Waals surface area contributed by atoms with Gasteiger partial charge in [0, 0.05) is 50.2 Å². The molecule has 0 aromatic heterocycles. The van der Waals surface area contributed by atoms with Gasteiger partial charge in [-0.25, -0.2) is 4.79 Å². The molecule has 1 aliphatic heterocycles. The van der Waals surface area contributed by atoms with Gasteiger partial charge in [0.1, 0.15) is 5.75 Å². The second-order valence-electron chi connectivity index (χ2n) is 13.8. The summed E-state index contributed by atoms with van der Waals surface area (Å²) in [7, 11) is 5.79. The van der Waals surface area contributed by atoms with Crippen LogP contribution in [0.25, 0.3) is 10.8 Å². The van der Waals surface area contributed by atoms with E-state index in [-0.39, 0.29) is 48.7 Å². The summed E-state index contributed by atoms with van der Waals surface area (Å²) >= 11 is 0. The maximum atomic E-state index is 14.4. The number of ether oxygens (including phenoxy) is 2. The normalized spacial score (nSPS) is 19.6. The summed E-state index contributed by atoms with van der Waals surface area (Å²) in [6, 6.07) is 17.6. The molecule has 0 saturated carbocycles. The number of amides is 4. The van der Waals surface area contributed by atoms with Crippen LogP contribution < -0.4 is 15.4 Å². The molecule has 0 spiro atoms. The van der Waals surface area contributed by atoms with Crippen molar-refractivity contribution >= 4 is 40.0 Å². The highest BCUT2D eigenvalue weighted by Crippen LogP contribution is 2.29. The van der Waals surface area contributed by atoms with E-state index in [1.807, 2.05) is 70.4 Å². The number of rotatable bonds is 10. The number of anilines is 2. The van der Waals surface area contributed by atoms with E-state index in [1.165, 1.54) is 0 Å². The summed E-state index contributed by atoms with van der Waals surface area (Å²) in [6.45, 7) is 7.58. The predicted molar refractivity (Wildman–Crippen MR) is 199 cm³/mol. The minimum atomic E-state index is -0.513. The zero-order valence-corrected chi connectivity index (χ0v) is 30.5. The quantitative estimate of drug-likeness (QED) is 0.236. The molecule has 3 N–H and O–H groups in total. The number of aliphatic hydroxyl groups excluding tert-OH is 1. The Morgan fingerprint density at radius 2 is 1.78 bits per heavy atom. The van der Waals surface area contributed by atoms with Gasteiger partial charge in [-0.1, -0.05) is 43.3 Å². The highest BCUT2D eigenvalue weighted by atomic mass is 16.5. The Kier molecular flexibility index (Phi) is 14.4. The van der Waals surface area contributed by atoms with Crippen molar-refractivity contribution in [3.8, 4) is 5.75 Å². The molecular weight excluding hydrogens is 634 g/mol. The van der Waals surface area contributed by atoms with Crippen LogP contribution in [0.3, 0.4) is 0 Å². The molecule has 0 aliphatic carbocycles. The van der Waals surface area contributed by atoms with Gasteiger partial charge in [-0.3, -0.25) is 9.59 Å². The van der Waals surface area contributed by atoms with Crippen LogP contribution in [0.4, 0.5) is 16.2 Å². The molecule has 11 nitrogen and oxygen atoms in total. The van der Waals surface area contributed by atoms with E-state index in [4.69, 9.17) is 9.47 Å². The first kappa shape index (κ1) is 38.6. The Hall–Kier alpha value is -4.19. The van der Waals surface area contributed by atoms with Gasteiger partial charge >= 0.3 is 6.03 Å². The van der Waals surface area contributed by atoms with E-state index in [0.29, 0.717) is 36.7 Å². The van der Waals surface area contributed by atoms with Gasteiger partial charge in [0.05, 0.1) is 36.1 Å². The fourth-order valence-corrected chi connectivity index (χ4v) is 6.19. The van der Waals surface area contributed by atoms with Crippen LogP contribution in [0, 0.1) is 5.92 Å². The van der Waals surface area contributed by atoms with Crippen LogP contribution in [-0.4, -0.2) is 110 Å². The average molecular weight is 690 g/mol. The van der Waals surface area contributed by atoms with Gasteiger partial charge < -0.3 is 39.9 Å². The molecule has 0 saturated heterocycles. The molecule has 0 fully saturated rings. The number of hydrogen-bond acceptors (Lipinski definition) is 7.